The summed E-state index contributed by atoms with van der Waals surface area (Å²) in [4.78, 5) is 44.8. The van der Waals surface area contributed by atoms with E-state index < -0.39 is 44.1 Å². The second-order valence-electron chi connectivity index (χ2n) is 4.63. The van der Waals surface area contributed by atoms with E-state index in [1.807, 2.05) is 0 Å². The molecule has 116 valence electrons. The monoisotopic (exact) mass is 307 g/mol. The zero-order valence-corrected chi connectivity index (χ0v) is 12.7. The molecule has 0 bridgehead atoms. The van der Waals surface area contributed by atoms with Gasteiger partial charge in [0, 0.05) is 8.15 Å². The van der Waals surface area contributed by atoms with Crippen molar-refractivity contribution in [1.29, 1.82) is 0 Å². The molecule has 0 saturated carbocycles. The highest BCUT2D eigenvalue weighted by molar-refractivity contribution is 7.50. The maximum atomic E-state index is 12.1. The Morgan fingerprint density at radius 1 is 1.20 bits per heavy atom. The van der Waals surface area contributed by atoms with Gasteiger partial charge in [0.1, 0.15) is 6.04 Å². The minimum Gasteiger partial charge on any atom is -0.480 e. The van der Waals surface area contributed by atoms with Gasteiger partial charge in [-0.25, -0.2) is 4.79 Å². The molecule has 2 amide bonds. The summed E-state index contributed by atoms with van der Waals surface area (Å²) in [5.41, 5.74) is 11.1. The Hall–Kier alpha value is -1.08. The molecule has 8 nitrogen and oxygen atoms in total. The number of carboxylic acids is 1. The minimum atomic E-state index is -1.34. The Morgan fingerprint density at radius 3 is 2.05 bits per heavy atom. The fourth-order valence-electron chi connectivity index (χ4n) is 1.45. The van der Waals surface area contributed by atoms with Crippen molar-refractivity contribution >= 4 is 25.9 Å². The van der Waals surface area contributed by atoms with Crippen LogP contribution in [0.25, 0.3) is 0 Å². The number of rotatable bonds is 7. The minimum absolute atomic E-state index is 0.173. The van der Waals surface area contributed by atoms with Crippen LogP contribution in [0.5, 0.6) is 0 Å². The first-order chi connectivity index (χ1) is 9.09. The summed E-state index contributed by atoms with van der Waals surface area (Å²) >= 11 is 0. The Morgan fingerprint density at radius 2 is 1.70 bits per heavy atom. The molecule has 0 saturated heterocycles. The molecule has 0 aromatic carbocycles. The molecule has 4 atom stereocenters. The van der Waals surface area contributed by atoms with Gasteiger partial charge in [0.15, 0.2) is 0 Å². The second-order valence-corrected chi connectivity index (χ2v) is 6.39. The first-order valence-corrected chi connectivity index (χ1v) is 8.03. The quantitative estimate of drug-likeness (QED) is 0.436. The van der Waals surface area contributed by atoms with E-state index in [0.717, 1.165) is 0 Å². The molecule has 2 unspecified atom stereocenters. The van der Waals surface area contributed by atoms with Crippen molar-refractivity contribution in [1.82, 2.24) is 4.90 Å². The van der Waals surface area contributed by atoms with Gasteiger partial charge >= 0.3 is 5.97 Å². The van der Waals surface area contributed by atoms with Crippen LogP contribution in [-0.2, 0) is 14.4 Å². The third-order valence-corrected chi connectivity index (χ3v) is 3.60. The van der Waals surface area contributed by atoms with Crippen molar-refractivity contribution in [3.8, 4) is 0 Å². The highest BCUT2D eigenvalue weighted by Crippen LogP contribution is 2.25. The fraction of sp³-hybridized carbons (Fsp3) is 0.727. The second kappa shape index (κ2) is 8.26. The molecule has 0 rings (SSSR count). The van der Waals surface area contributed by atoms with Crippen LogP contribution in [0.4, 0.5) is 0 Å². The number of carboxylic acid groups (broad SMARTS) is 1. The van der Waals surface area contributed by atoms with Crippen LogP contribution in [-0.4, -0.2) is 63.6 Å². The molecule has 6 N–H and O–H groups in total. The van der Waals surface area contributed by atoms with Gasteiger partial charge in [-0.2, -0.15) is 0 Å². The summed E-state index contributed by atoms with van der Waals surface area (Å²) in [6.07, 6.45) is 0.510. The average molecular weight is 307 g/mol. The van der Waals surface area contributed by atoms with E-state index in [1.165, 1.54) is 13.8 Å². The summed E-state index contributed by atoms with van der Waals surface area (Å²) in [6, 6.07) is -3.39. The van der Waals surface area contributed by atoms with Crippen molar-refractivity contribution < 1.29 is 24.4 Å². The smallest absolute Gasteiger partial charge is 0.326 e. The topological polar surface area (TPSA) is 147 Å². The lowest BCUT2D eigenvalue weighted by Crippen LogP contribution is -2.56. The van der Waals surface area contributed by atoms with Crippen molar-refractivity contribution in [2.45, 2.75) is 38.4 Å². The van der Waals surface area contributed by atoms with Crippen LogP contribution in [0.2, 0.25) is 0 Å². The first-order valence-electron chi connectivity index (χ1n) is 6.10. The number of nitrogens with zero attached hydrogens (tertiary/aromatic N) is 1. The molecular formula is C11H22N3O5P. The Labute approximate surface area is 118 Å². The van der Waals surface area contributed by atoms with E-state index in [0.29, 0.717) is 11.1 Å². The number of aliphatic carboxylic acids is 1. The molecule has 0 aromatic rings. The molecule has 0 aliphatic carbocycles. The zero-order valence-electron chi connectivity index (χ0n) is 11.8. The summed E-state index contributed by atoms with van der Waals surface area (Å²) in [6.45, 7) is 4.19. The van der Waals surface area contributed by atoms with Crippen LogP contribution in [0, 0.1) is 0 Å². The molecule has 0 aliphatic rings. The number of imide groups is 1. The van der Waals surface area contributed by atoms with E-state index in [1.54, 1.807) is 6.66 Å². The number of carbonyl (C=O) groups is 3. The van der Waals surface area contributed by atoms with Crippen molar-refractivity contribution in [3.05, 3.63) is 0 Å². The molecule has 0 radical (unpaired) electrons. The fourth-order valence-corrected chi connectivity index (χ4v) is 2.10. The van der Waals surface area contributed by atoms with E-state index in [9.17, 15) is 19.3 Å². The van der Waals surface area contributed by atoms with Crippen LogP contribution in [0.1, 0.15) is 20.3 Å². The van der Waals surface area contributed by atoms with Crippen LogP contribution >= 0.6 is 8.15 Å². The number of hydrogen-bond donors (Lipinski definition) is 4. The molecular weight excluding hydrogens is 285 g/mol. The predicted molar refractivity (Wildman–Crippen MR) is 75.1 cm³/mol. The van der Waals surface area contributed by atoms with E-state index >= 15 is 0 Å². The predicted octanol–water partition coefficient (Wildman–Crippen LogP) is -1.10. The lowest BCUT2D eigenvalue weighted by molar-refractivity contribution is -0.158. The maximum absolute atomic E-state index is 12.1. The Balaban J connectivity index is 5.07. The summed E-state index contributed by atoms with van der Waals surface area (Å²) in [7, 11) is -1.21. The lowest BCUT2D eigenvalue weighted by Gasteiger charge is -2.28. The molecule has 9 heteroatoms. The SMILES string of the molecule is C[C@H](N)C(=O)N(C(=O)C(N)CCP(C)O)[C@@H](C)C(=O)O. The first kappa shape index (κ1) is 18.9. The van der Waals surface area contributed by atoms with Crippen molar-refractivity contribution in [3.63, 3.8) is 0 Å². The molecule has 0 fully saturated rings. The largest absolute Gasteiger partial charge is 0.480 e. The van der Waals surface area contributed by atoms with Gasteiger partial charge < -0.3 is 21.5 Å². The maximum Gasteiger partial charge on any atom is 0.326 e. The standard InChI is InChI=1S/C11H22N3O5P/c1-6(12)9(15)14(7(2)11(17)18)10(16)8(13)4-5-20(3)19/h6-8,19H,4-5,12-13H2,1-3H3,(H,17,18)/t6-,7-,8?,20?/m0/s1. The van der Waals surface area contributed by atoms with Gasteiger partial charge in [0.25, 0.3) is 0 Å². The molecule has 0 aromatic heterocycles. The van der Waals surface area contributed by atoms with Crippen molar-refractivity contribution in [2.24, 2.45) is 11.5 Å². The Bertz CT molecular complexity index is 375. The van der Waals surface area contributed by atoms with Gasteiger partial charge in [0.2, 0.25) is 11.8 Å². The third-order valence-electron chi connectivity index (χ3n) is 2.69. The third kappa shape index (κ3) is 5.50. The number of amides is 2. The molecule has 0 heterocycles. The van der Waals surface area contributed by atoms with Crippen LogP contribution in [0.15, 0.2) is 0 Å². The van der Waals surface area contributed by atoms with Gasteiger partial charge in [-0.05, 0) is 33.1 Å². The summed E-state index contributed by atoms with van der Waals surface area (Å²) < 4.78 is 0. The van der Waals surface area contributed by atoms with E-state index in [4.69, 9.17) is 16.6 Å². The van der Waals surface area contributed by atoms with Gasteiger partial charge in [-0.1, -0.05) is 0 Å². The number of nitrogens with two attached hydrogens (primary N) is 2. The Kier molecular flexibility index (Phi) is 7.82. The average Bonchev–Trinajstić information content (AvgIpc) is 2.35. The molecule has 20 heavy (non-hydrogen) atoms. The zero-order chi connectivity index (χ0) is 16.0. The molecule has 0 aliphatic heterocycles. The van der Waals surface area contributed by atoms with Gasteiger partial charge in [-0.15, -0.1) is 0 Å². The van der Waals surface area contributed by atoms with Crippen LogP contribution < -0.4 is 11.5 Å². The normalized spacial score (nSPS) is 16.9. The summed E-state index contributed by atoms with van der Waals surface area (Å²) in [5.74, 6) is -2.90. The highest BCUT2D eigenvalue weighted by Gasteiger charge is 2.35. The van der Waals surface area contributed by atoms with E-state index in [-0.39, 0.29) is 6.42 Å². The van der Waals surface area contributed by atoms with Crippen LogP contribution in [0.3, 0.4) is 0 Å². The number of hydrogen-bond acceptors (Lipinski definition) is 6. The molecule has 0 spiro atoms. The highest BCUT2D eigenvalue weighted by atomic mass is 31.1. The van der Waals surface area contributed by atoms with E-state index in [2.05, 4.69) is 0 Å². The van der Waals surface area contributed by atoms with Gasteiger partial charge in [0.05, 0.1) is 12.1 Å². The number of carbonyl (C=O) groups excluding carboxylic acids is 2. The summed E-state index contributed by atoms with van der Waals surface area (Å²) in [5, 5.41) is 8.97. The lowest BCUT2D eigenvalue weighted by atomic mass is 10.1. The van der Waals surface area contributed by atoms with Gasteiger partial charge in [-0.3, -0.25) is 14.5 Å². The van der Waals surface area contributed by atoms with Crippen molar-refractivity contribution in [2.75, 3.05) is 12.8 Å².